The second-order valence-electron chi connectivity index (χ2n) is 3.78. The molecule has 0 radical (unpaired) electrons. The molecule has 0 atom stereocenters. The van der Waals surface area contributed by atoms with Crippen LogP contribution in [0.1, 0.15) is 0 Å². The number of hydrogen-bond donors (Lipinski definition) is 0. The second kappa shape index (κ2) is 8.72. The van der Waals surface area contributed by atoms with Gasteiger partial charge in [-0.15, -0.1) is 0 Å². The zero-order valence-corrected chi connectivity index (χ0v) is 11.7. The van der Waals surface area contributed by atoms with Crippen molar-refractivity contribution in [2.24, 2.45) is 0 Å². The maximum atomic E-state index is 12.0. The van der Waals surface area contributed by atoms with Gasteiger partial charge in [0.1, 0.15) is 11.5 Å². The van der Waals surface area contributed by atoms with Crippen LogP contribution in [-0.4, -0.2) is 26.8 Å². The molecule has 0 aromatic heterocycles. The number of carbonyl (C=O) groups excluding carboxylic acids is 1. The molecule has 0 bridgehead atoms. The summed E-state index contributed by atoms with van der Waals surface area (Å²) in [4.78, 5) is 12.0. The van der Waals surface area contributed by atoms with Crippen LogP contribution in [0.3, 0.4) is 0 Å². The van der Waals surface area contributed by atoms with E-state index in [9.17, 15) is 4.79 Å². The minimum absolute atomic E-state index is 0.396. The van der Waals surface area contributed by atoms with Crippen LogP contribution in [0.2, 0.25) is 0 Å². The Morgan fingerprint density at radius 3 is 2.40 bits per heavy atom. The smallest absolute Gasteiger partial charge is 0.343 e. The van der Waals surface area contributed by atoms with Gasteiger partial charge in [-0.2, -0.15) is 0 Å². The third-order valence-corrected chi connectivity index (χ3v) is 2.36. The van der Waals surface area contributed by atoms with Gasteiger partial charge in [0.2, 0.25) is 0 Å². The van der Waals surface area contributed by atoms with Crippen molar-refractivity contribution in [3.05, 3.63) is 60.7 Å². The van der Waals surface area contributed by atoms with Crippen molar-refractivity contribution >= 4 is 5.97 Å². The monoisotopic (exact) mass is 274 g/mol. The third kappa shape index (κ3) is 5.12. The van der Waals surface area contributed by atoms with Crippen molar-refractivity contribution in [3.8, 4) is 11.5 Å². The van der Waals surface area contributed by atoms with Gasteiger partial charge in [0.25, 0.3) is 0 Å². The molecule has 4 nitrogen and oxygen atoms in total. The van der Waals surface area contributed by atoms with E-state index in [4.69, 9.17) is 14.2 Å². The Balaban J connectivity index is 2.74. The zero-order valence-electron chi connectivity index (χ0n) is 11.7. The van der Waals surface area contributed by atoms with Crippen molar-refractivity contribution in [1.82, 2.24) is 0 Å². The van der Waals surface area contributed by atoms with E-state index in [1.54, 1.807) is 56.7 Å². The molecule has 0 aliphatic heterocycles. The van der Waals surface area contributed by atoms with Crippen LogP contribution in [0.25, 0.3) is 0 Å². The lowest BCUT2D eigenvalue weighted by Gasteiger charge is -2.05. The summed E-state index contributed by atoms with van der Waals surface area (Å²) < 4.78 is 15.2. The number of ether oxygens (including phenoxy) is 3. The van der Waals surface area contributed by atoms with Crippen LogP contribution >= 0.6 is 0 Å². The third-order valence-electron chi connectivity index (χ3n) is 2.36. The van der Waals surface area contributed by atoms with Crippen molar-refractivity contribution in [1.29, 1.82) is 0 Å². The van der Waals surface area contributed by atoms with Crippen molar-refractivity contribution in [3.63, 3.8) is 0 Å². The number of rotatable bonds is 7. The van der Waals surface area contributed by atoms with Gasteiger partial charge in [0, 0.05) is 7.11 Å². The lowest BCUT2D eigenvalue weighted by atomic mass is 10.2. The summed E-state index contributed by atoms with van der Waals surface area (Å²) in [6.45, 7) is 4.00. The van der Waals surface area contributed by atoms with Gasteiger partial charge in [-0.1, -0.05) is 18.7 Å². The molecule has 0 unspecified atom stereocenters. The van der Waals surface area contributed by atoms with E-state index in [0.717, 1.165) is 0 Å². The zero-order chi connectivity index (χ0) is 14.8. The summed E-state index contributed by atoms with van der Waals surface area (Å²) in [7, 11) is 3.16. The molecule has 1 rings (SSSR count). The maximum absolute atomic E-state index is 12.0. The second-order valence-corrected chi connectivity index (χ2v) is 3.78. The van der Waals surface area contributed by atoms with Crippen molar-refractivity contribution < 1.29 is 19.0 Å². The van der Waals surface area contributed by atoms with E-state index in [0.29, 0.717) is 23.7 Å². The molecule has 106 valence electrons. The first-order valence-corrected chi connectivity index (χ1v) is 6.05. The summed E-state index contributed by atoms with van der Waals surface area (Å²) in [6.07, 6.45) is 6.47. The lowest BCUT2D eigenvalue weighted by molar-refractivity contribution is -0.129. The molecule has 20 heavy (non-hydrogen) atoms. The Hall–Kier alpha value is -2.33. The summed E-state index contributed by atoms with van der Waals surface area (Å²) >= 11 is 0. The molecule has 1 aromatic carbocycles. The molecule has 0 saturated heterocycles. The van der Waals surface area contributed by atoms with Crippen LogP contribution in [0, 0.1) is 0 Å². The number of allylic oxidation sites excluding steroid dienone is 2. The van der Waals surface area contributed by atoms with Crippen LogP contribution in [-0.2, 0) is 9.53 Å². The highest BCUT2D eigenvalue weighted by molar-refractivity contribution is 5.93. The first-order chi connectivity index (χ1) is 9.71. The quantitative estimate of drug-likeness (QED) is 0.332. The molecule has 0 spiro atoms. The predicted octanol–water partition coefficient (Wildman–Crippen LogP) is 2.92. The molecule has 1 aromatic rings. The number of hydrogen-bond acceptors (Lipinski definition) is 4. The van der Waals surface area contributed by atoms with Crippen LogP contribution < -0.4 is 9.47 Å². The van der Waals surface area contributed by atoms with Gasteiger partial charge in [-0.3, -0.25) is 0 Å². The van der Waals surface area contributed by atoms with Gasteiger partial charge >= 0.3 is 5.97 Å². The highest BCUT2D eigenvalue weighted by Gasteiger charge is 2.08. The molecular formula is C16H18O4. The molecule has 0 aliphatic rings. The fourth-order valence-electron chi connectivity index (χ4n) is 1.40. The number of carbonyl (C=O) groups is 1. The highest BCUT2D eigenvalue weighted by Crippen LogP contribution is 2.18. The molecule has 0 aliphatic carbocycles. The standard InChI is InChI=1S/C16H18O4/c1-4-6-13(7-5-12-18-2)16(17)20-15-10-8-14(19-3)9-11-15/h4-11H,1,12H2,2-3H3/b7-5-,13-6+. The summed E-state index contributed by atoms with van der Waals surface area (Å²) in [5.74, 6) is 0.694. The number of benzene rings is 1. The fourth-order valence-corrected chi connectivity index (χ4v) is 1.40. The van der Waals surface area contributed by atoms with Crippen LogP contribution in [0.4, 0.5) is 0 Å². The Bertz CT molecular complexity index is 498. The van der Waals surface area contributed by atoms with E-state index in [1.807, 2.05) is 0 Å². The topological polar surface area (TPSA) is 44.8 Å². The van der Waals surface area contributed by atoms with E-state index >= 15 is 0 Å². The largest absolute Gasteiger partial charge is 0.497 e. The molecule has 0 fully saturated rings. The van der Waals surface area contributed by atoms with Crippen LogP contribution in [0.15, 0.2) is 60.7 Å². The Morgan fingerprint density at radius 1 is 1.20 bits per heavy atom. The normalized spacial score (nSPS) is 11.4. The molecule has 0 amide bonds. The SMILES string of the molecule is C=C/C=C(\C=C/COC)C(=O)Oc1ccc(OC)cc1. The molecular weight excluding hydrogens is 256 g/mol. The number of methoxy groups -OCH3 is 2. The fraction of sp³-hybridized carbons (Fsp3) is 0.188. The highest BCUT2D eigenvalue weighted by atomic mass is 16.5. The summed E-state index contributed by atoms with van der Waals surface area (Å²) in [5, 5.41) is 0. The lowest BCUT2D eigenvalue weighted by Crippen LogP contribution is -2.10. The average molecular weight is 274 g/mol. The van der Waals surface area contributed by atoms with Crippen molar-refractivity contribution in [2.45, 2.75) is 0 Å². The van der Waals surface area contributed by atoms with E-state index in [1.165, 1.54) is 6.08 Å². The Morgan fingerprint density at radius 2 is 1.85 bits per heavy atom. The minimum Gasteiger partial charge on any atom is -0.497 e. The van der Waals surface area contributed by atoms with E-state index in [-0.39, 0.29) is 0 Å². The van der Waals surface area contributed by atoms with Gasteiger partial charge in [-0.05, 0) is 36.4 Å². The molecule has 4 heteroatoms. The maximum Gasteiger partial charge on any atom is 0.343 e. The first-order valence-electron chi connectivity index (χ1n) is 6.05. The molecule has 0 saturated carbocycles. The van der Waals surface area contributed by atoms with Gasteiger partial charge in [-0.25, -0.2) is 4.79 Å². The Labute approximate surface area is 119 Å². The Kier molecular flexibility index (Phi) is 6.85. The van der Waals surface area contributed by atoms with E-state index < -0.39 is 5.97 Å². The van der Waals surface area contributed by atoms with Crippen LogP contribution in [0.5, 0.6) is 11.5 Å². The average Bonchev–Trinajstić information content (AvgIpc) is 2.47. The molecule has 0 N–H and O–H groups in total. The minimum atomic E-state index is -0.456. The predicted molar refractivity (Wildman–Crippen MR) is 77.9 cm³/mol. The van der Waals surface area contributed by atoms with Gasteiger partial charge in [0.05, 0.1) is 19.3 Å². The summed E-state index contributed by atoms with van der Waals surface area (Å²) in [6, 6.07) is 6.78. The first kappa shape index (κ1) is 15.7. The number of esters is 1. The van der Waals surface area contributed by atoms with Gasteiger partial charge in [0.15, 0.2) is 0 Å². The molecule has 0 heterocycles. The van der Waals surface area contributed by atoms with Crippen molar-refractivity contribution in [2.75, 3.05) is 20.8 Å². The summed E-state index contributed by atoms with van der Waals surface area (Å²) in [5.41, 5.74) is 0.396. The van der Waals surface area contributed by atoms with E-state index in [2.05, 4.69) is 6.58 Å². The van der Waals surface area contributed by atoms with Gasteiger partial charge < -0.3 is 14.2 Å².